The normalized spacial score (nSPS) is 11.3. The molecule has 3 rings (SSSR count). The molecule has 0 aliphatic carbocycles. The quantitative estimate of drug-likeness (QED) is 0.0252. The average Bonchev–Trinajstić information content (AvgIpc) is 3.25. The molecule has 0 atom stereocenters. The first-order valence-corrected chi connectivity index (χ1v) is 23.7. The molecule has 0 heterocycles. The highest BCUT2D eigenvalue weighted by molar-refractivity contribution is 6.39. The van der Waals surface area contributed by atoms with Gasteiger partial charge in [0.25, 0.3) is 0 Å². The maximum atomic E-state index is 16.0. The van der Waals surface area contributed by atoms with E-state index in [1.165, 1.54) is 101 Å². The molecule has 0 unspecified atom stereocenters. The van der Waals surface area contributed by atoms with Crippen LogP contribution in [0.5, 0.6) is 17.2 Å². The lowest BCUT2D eigenvalue weighted by Crippen LogP contribution is -2.38. The lowest BCUT2D eigenvalue weighted by Gasteiger charge is -2.28. The maximum Gasteiger partial charge on any atom is 0.864 e. The SMILES string of the molecule is CCCCCCCCCCCCCCCCCCN(CCCCCCCCCCCCC)c1c(OB(Oc2cc(F)c(F)c(F)c2)Oc2cc(F)c(F)c(F)c2)cc(F)c(F)c1F. The summed E-state index contributed by atoms with van der Waals surface area (Å²) in [7, 11) is -2.33. The summed E-state index contributed by atoms with van der Waals surface area (Å²) in [6.45, 7) is 4.86. The second kappa shape index (κ2) is 31.2. The Morgan fingerprint density at radius 1 is 0.349 bits per heavy atom. The smallest absolute Gasteiger partial charge is 0.489 e. The van der Waals surface area contributed by atoms with Gasteiger partial charge in [-0.2, -0.15) is 0 Å². The molecule has 0 fully saturated rings. The van der Waals surface area contributed by atoms with Crippen molar-refractivity contribution in [3.8, 4) is 17.2 Å². The first-order valence-electron chi connectivity index (χ1n) is 23.7. The number of benzene rings is 3. The molecule has 0 N–H and O–H groups in total. The highest BCUT2D eigenvalue weighted by Gasteiger charge is 2.35. The summed E-state index contributed by atoms with van der Waals surface area (Å²) in [6.07, 6.45) is 30.0. The summed E-state index contributed by atoms with van der Waals surface area (Å²) in [6, 6.07) is 2.17. The first-order chi connectivity index (χ1) is 30.5. The van der Waals surface area contributed by atoms with Crippen molar-refractivity contribution in [2.24, 2.45) is 0 Å². The minimum Gasteiger partial charge on any atom is -0.489 e. The molecule has 0 radical (unpaired) electrons. The molecule has 354 valence electrons. The summed E-state index contributed by atoms with van der Waals surface area (Å²) in [5, 5.41) is 0. The Hall–Kier alpha value is -3.71. The van der Waals surface area contributed by atoms with E-state index >= 15 is 8.78 Å². The Labute approximate surface area is 370 Å². The fourth-order valence-electron chi connectivity index (χ4n) is 7.70. The summed E-state index contributed by atoms with van der Waals surface area (Å²) >= 11 is 0. The van der Waals surface area contributed by atoms with Gasteiger partial charge < -0.3 is 18.9 Å². The number of halogens is 9. The van der Waals surface area contributed by atoms with Crippen LogP contribution in [0.4, 0.5) is 45.2 Å². The Balaban J connectivity index is 1.73. The van der Waals surface area contributed by atoms with Gasteiger partial charge in [0.15, 0.2) is 52.4 Å². The van der Waals surface area contributed by atoms with E-state index in [9.17, 15) is 30.7 Å². The molecule has 3 aromatic carbocycles. The number of anilines is 1. The van der Waals surface area contributed by atoms with Gasteiger partial charge >= 0.3 is 7.32 Å². The Morgan fingerprint density at radius 3 is 0.952 bits per heavy atom. The number of hydrogen-bond donors (Lipinski definition) is 0. The molecule has 4 nitrogen and oxygen atoms in total. The molecule has 3 aromatic rings. The van der Waals surface area contributed by atoms with E-state index in [2.05, 4.69) is 13.8 Å². The highest BCUT2D eigenvalue weighted by Crippen LogP contribution is 2.37. The number of hydrogen-bond acceptors (Lipinski definition) is 4. The van der Waals surface area contributed by atoms with Crippen molar-refractivity contribution in [1.29, 1.82) is 0 Å². The third kappa shape index (κ3) is 20.3. The van der Waals surface area contributed by atoms with E-state index in [0.717, 1.165) is 64.2 Å². The van der Waals surface area contributed by atoms with Crippen LogP contribution in [-0.2, 0) is 0 Å². The van der Waals surface area contributed by atoms with Crippen LogP contribution in [0.25, 0.3) is 0 Å². The fourth-order valence-corrected chi connectivity index (χ4v) is 7.70. The van der Waals surface area contributed by atoms with Gasteiger partial charge in [0.05, 0.1) is 0 Å². The predicted molar refractivity (Wildman–Crippen MR) is 235 cm³/mol. The zero-order valence-corrected chi connectivity index (χ0v) is 37.5. The van der Waals surface area contributed by atoms with Crippen molar-refractivity contribution in [2.45, 2.75) is 187 Å². The lowest BCUT2D eigenvalue weighted by molar-refractivity contribution is 0.299. The zero-order valence-electron chi connectivity index (χ0n) is 37.5. The van der Waals surface area contributed by atoms with Gasteiger partial charge in [0, 0.05) is 43.4 Å². The highest BCUT2D eigenvalue weighted by atomic mass is 19.2. The van der Waals surface area contributed by atoms with Crippen LogP contribution in [-0.4, -0.2) is 20.4 Å². The third-order valence-electron chi connectivity index (χ3n) is 11.3. The zero-order chi connectivity index (χ0) is 45.8. The maximum absolute atomic E-state index is 16.0. The van der Waals surface area contributed by atoms with Crippen molar-refractivity contribution in [3.05, 3.63) is 82.7 Å². The summed E-state index contributed by atoms with van der Waals surface area (Å²) in [5.41, 5.74) is -0.493. The molecule has 0 aliphatic rings. The van der Waals surface area contributed by atoms with Crippen LogP contribution < -0.4 is 18.9 Å². The van der Waals surface area contributed by atoms with Gasteiger partial charge in [-0.05, 0) is 12.8 Å². The Morgan fingerprint density at radius 2 is 0.635 bits per heavy atom. The van der Waals surface area contributed by atoms with Gasteiger partial charge in [-0.3, -0.25) is 0 Å². The van der Waals surface area contributed by atoms with Crippen molar-refractivity contribution >= 4 is 13.0 Å². The number of rotatable bonds is 36. The Bertz CT molecular complexity index is 1630. The van der Waals surface area contributed by atoms with Gasteiger partial charge in [-0.15, -0.1) is 0 Å². The van der Waals surface area contributed by atoms with Crippen LogP contribution in [0.2, 0.25) is 0 Å². The van der Waals surface area contributed by atoms with E-state index in [4.69, 9.17) is 14.0 Å². The minimum absolute atomic E-state index is 0.225. The molecule has 63 heavy (non-hydrogen) atoms. The Kier molecular flexibility index (Phi) is 26.6. The number of nitrogens with zero attached hydrogens (tertiary/aromatic N) is 1. The molecule has 14 heteroatoms. The summed E-state index contributed by atoms with van der Waals surface area (Å²) in [4.78, 5) is 1.54. The predicted octanol–water partition coefficient (Wildman–Crippen LogP) is 16.8. The first kappa shape index (κ1) is 53.6. The second-order valence-corrected chi connectivity index (χ2v) is 16.7. The van der Waals surface area contributed by atoms with Crippen molar-refractivity contribution in [2.75, 3.05) is 18.0 Å². The fraction of sp³-hybridized carbons (Fsp3) is 0.633. The van der Waals surface area contributed by atoms with Gasteiger partial charge in [-0.1, -0.05) is 174 Å². The minimum atomic E-state index is -2.33. The molecular formula is C49H69BF9NO3. The molecule has 0 aromatic heterocycles. The van der Waals surface area contributed by atoms with Crippen molar-refractivity contribution < 1.29 is 53.5 Å². The topological polar surface area (TPSA) is 30.9 Å². The number of unbranched alkanes of at least 4 members (excludes halogenated alkanes) is 25. The van der Waals surface area contributed by atoms with Gasteiger partial charge in [-0.25, -0.2) is 39.5 Å². The molecule has 0 bridgehead atoms. The lowest BCUT2D eigenvalue weighted by atomic mass is 10.0. The molecule has 0 aliphatic heterocycles. The van der Waals surface area contributed by atoms with E-state index in [-0.39, 0.29) is 13.1 Å². The van der Waals surface area contributed by atoms with Crippen molar-refractivity contribution in [1.82, 2.24) is 0 Å². The average molecular weight is 902 g/mol. The summed E-state index contributed by atoms with van der Waals surface area (Å²) in [5.74, 6) is -17.6. The van der Waals surface area contributed by atoms with Crippen LogP contribution in [0.3, 0.4) is 0 Å². The van der Waals surface area contributed by atoms with E-state index in [0.29, 0.717) is 43.2 Å². The van der Waals surface area contributed by atoms with E-state index in [1.807, 2.05) is 0 Å². The van der Waals surface area contributed by atoms with Gasteiger partial charge in [0.2, 0.25) is 0 Å². The van der Waals surface area contributed by atoms with Crippen LogP contribution >= 0.6 is 0 Å². The molecule has 0 saturated carbocycles. The van der Waals surface area contributed by atoms with Crippen LogP contribution in [0, 0.1) is 52.4 Å². The van der Waals surface area contributed by atoms with Crippen LogP contribution in [0.15, 0.2) is 30.3 Å². The molecular weight excluding hydrogens is 832 g/mol. The third-order valence-corrected chi connectivity index (χ3v) is 11.3. The molecule has 0 saturated heterocycles. The standard InChI is InChI=1S/C49H69BF9NO3/c1-3-5-7-9-11-13-15-16-17-18-19-21-23-25-27-29-31-60(30-28-26-24-22-20-14-12-10-8-6-4-2)49-44(36-43(55)47(58)48(49)59)63-50(61-37-32-39(51)45(56)40(52)33-37)62-38-34-41(53)46(57)42(54)35-38/h32-36H,3-31H2,1-2H3. The largest absolute Gasteiger partial charge is 0.864 e. The second-order valence-electron chi connectivity index (χ2n) is 16.7. The monoisotopic (exact) mass is 902 g/mol. The van der Waals surface area contributed by atoms with Crippen molar-refractivity contribution in [3.63, 3.8) is 0 Å². The summed E-state index contributed by atoms with van der Waals surface area (Å²) < 4.78 is 147. The van der Waals surface area contributed by atoms with E-state index in [1.54, 1.807) is 0 Å². The van der Waals surface area contributed by atoms with Gasteiger partial charge in [0.1, 0.15) is 22.9 Å². The molecule has 0 spiro atoms. The van der Waals surface area contributed by atoms with Crippen LogP contribution in [0.1, 0.15) is 187 Å². The van der Waals surface area contributed by atoms with E-state index < -0.39 is 82.6 Å². The molecule has 0 amide bonds.